The fraction of sp³-hybridized carbons (Fsp3) is 0.227. The molecular weight excluding hydrogens is 422 g/mol. The summed E-state index contributed by atoms with van der Waals surface area (Å²) in [6.45, 7) is 4.47. The maximum atomic E-state index is 12.8. The average Bonchev–Trinajstić information content (AvgIpc) is 2.74. The molecule has 0 atom stereocenters. The van der Waals surface area contributed by atoms with Gasteiger partial charge in [0.25, 0.3) is 5.56 Å². The number of allylic oxidation sites excluding steroid dienone is 1. The number of aromatic nitrogens is 2. The van der Waals surface area contributed by atoms with Crippen molar-refractivity contribution in [2.24, 2.45) is 0 Å². The highest BCUT2D eigenvalue weighted by Crippen LogP contribution is 2.21. The average molecular weight is 444 g/mol. The molecule has 0 saturated heterocycles. The van der Waals surface area contributed by atoms with Crippen LogP contribution in [0.2, 0.25) is 5.02 Å². The summed E-state index contributed by atoms with van der Waals surface area (Å²) in [5.74, 6) is 0.819. The first-order chi connectivity index (χ1) is 14.4. The molecule has 0 N–H and O–H groups in total. The first-order valence-corrected chi connectivity index (χ1v) is 10.6. The second-order valence-corrected chi connectivity index (χ2v) is 8.03. The standard InChI is InChI=1S/C22H22ClN3O3S/c1-4-10-26-21(28)18-9-8-16(23)12-19(18)24-22(26)30-14-20(27)25(2)13-15-6-5-7-17(11-15)29-3/h4-9,11-12H,1,10,13-14H2,2-3H3. The topological polar surface area (TPSA) is 64.4 Å². The van der Waals surface area contributed by atoms with Gasteiger partial charge in [0.05, 0.1) is 23.8 Å². The Morgan fingerprint density at radius 2 is 2.13 bits per heavy atom. The number of carbonyl (C=O) groups excluding carboxylic acids is 1. The van der Waals surface area contributed by atoms with Gasteiger partial charge in [0, 0.05) is 25.2 Å². The molecule has 0 aliphatic rings. The fourth-order valence-corrected chi connectivity index (χ4v) is 4.06. The van der Waals surface area contributed by atoms with Gasteiger partial charge in [-0.15, -0.1) is 6.58 Å². The molecule has 8 heteroatoms. The molecule has 3 rings (SSSR count). The van der Waals surface area contributed by atoms with Crippen LogP contribution in [-0.4, -0.2) is 40.3 Å². The SMILES string of the molecule is C=CCn1c(SCC(=O)N(C)Cc2cccc(OC)c2)nc2cc(Cl)ccc2c1=O. The van der Waals surface area contributed by atoms with E-state index >= 15 is 0 Å². The smallest absolute Gasteiger partial charge is 0.262 e. The van der Waals surface area contributed by atoms with Crippen molar-refractivity contribution in [1.29, 1.82) is 0 Å². The number of nitrogens with zero attached hydrogens (tertiary/aromatic N) is 3. The lowest BCUT2D eigenvalue weighted by Crippen LogP contribution is -2.28. The van der Waals surface area contributed by atoms with Gasteiger partial charge in [0.2, 0.25) is 5.91 Å². The van der Waals surface area contributed by atoms with Crippen LogP contribution in [0.25, 0.3) is 10.9 Å². The largest absolute Gasteiger partial charge is 0.497 e. The summed E-state index contributed by atoms with van der Waals surface area (Å²) in [4.78, 5) is 31.7. The van der Waals surface area contributed by atoms with Gasteiger partial charge in [-0.2, -0.15) is 0 Å². The number of hydrogen-bond donors (Lipinski definition) is 0. The monoisotopic (exact) mass is 443 g/mol. The van der Waals surface area contributed by atoms with E-state index in [1.165, 1.54) is 16.3 Å². The highest BCUT2D eigenvalue weighted by molar-refractivity contribution is 7.99. The van der Waals surface area contributed by atoms with Crippen molar-refractivity contribution in [3.63, 3.8) is 0 Å². The summed E-state index contributed by atoms with van der Waals surface area (Å²) in [7, 11) is 3.35. The number of rotatable bonds is 8. The van der Waals surface area contributed by atoms with E-state index < -0.39 is 0 Å². The zero-order valence-corrected chi connectivity index (χ0v) is 18.4. The van der Waals surface area contributed by atoms with Gasteiger partial charge in [-0.1, -0.05) is 41.6 Å². The van der Waals surface area contributed by atoms with E-state index in [1.54, 1.807) is 43.3 Å². The predicted molar refractivity (Wildman–Crippen MR) is 121 cm³/mol. The van der Waals surface area contributed by atoms with Crippen LogP contribution < -0.4 is 10.3 Å². The highest BCUT2D eigenvalue weighted by Gasteiger charge is 2.15. The Morgan fingerprint density at radius 1 is 1.33 bits per heavy atom. The number of halogens is 1. The van der Waals surface area contributed by atoms with Crippen LogP contribution in [0, 0.1) is 0 Å². The van der Waals surface area contributed by atoms with Gasteiger partial charge in [-0.25, -0.2) is 4.98 Å². The fourth-order valence-electron chi connectivity index (χ4n) is 2.94. The molecule has 1 amide bonds. The zero-order chi connectivity index (χ0) is 21.7. The summed E-state index contributed by atoms with van der Waals surface area (Å²) in [6.07, 6.45) is 1.63. The number of fused-ring (bicyclic) bond motifs is 1. The van der Waals surface area contributed by atoms with Crippen molar-refractivity contribution in [3.8, 4) is 5.75 Å². The van der Waals surface area contributed by atoms with Crippen molar-refractivity contribution in [2.75, 3.05) is 19.9 Å². The minimum Gasteiger partial charge on any atom is -0.497 e. The number of hydrogen-bond acceptors (Lipinski definition) is 5. The van der Waals surface area contributed by atoms with E-state index in [4.69, 9.17) is 16.3 Å². The van der Waals surface area contributed by atoms with Crippen LogP contribution >= 0.6 is 23.4 Å². The molecule has 1 heterocycles. The minimum atomic E-state index is -0.184. The molecule has 0 fully saturated rings. The molecule has 30 heavy (non-hydrogen) atoms. The molecular formula is C22H22ClN3O3S. The maximum Gasteiger partial charge on any atom is 0.262 e. The summed E-state index contributed by atoms with van der Waals surface area (Å²) in [5.41, 5.74) is 1.29. The van der Waals surface area contributed by atoms with Gasteiger partial charge in [0.15, 0.2) is 5.16 Å². The van der Waals surface area contributed by atoms with Gasteiger partial charge in [0.1, 0.15) is 5.75 Å². The van der Waals surface area contributed by atoms with Crippen molar-refractivity contribution in [1.82, 2.24) is 14.5 Å². The molecule has 6 nitrogen and oxygen atoms in total. The number of benzene rings is 2. The lowest BCUT2D eigenvalue weighted by Gasteiger charge is -2.18. The minimum absolute atomic E-state index is 0.0755. The van der Waals surface area contributed by atoms with Crippen LogP contribution in [-0.2, 0) is 17.9 Å². The third kappa shape index (κ3) is 5.04. The number of carbonyl (C=O) groups is 1. The lowest BCUT2D eigenvalue weighted by molar-refractivity contribution is -0.127. The number of amides is 1. The maximum absolute atomic E-state index is 12.8. The first-order valence-electron chi connectivity index (χ1n) is 9.23. The van der Waals surface area contributed by atoms with Crippen molar-refractivity contribution in [2.45, 2.75) is 18.2 Å². The Morgan fingerprint density at radius 3 is 2.87 bits per heavy atom. The summed E-state index contributed by atoms with van der Waals surface area (Å²) >= 11 is 7.27. The van der Waals surface area contributed by atoms with Crippen LogP contribution in [0.5, 0.6) is 5.75 Å². The van der Waals surface area contributed by atoms with Crippen molar-refractivity contribution >= 4 is 40.2 Å². The summed E-state index contributed by atoms with van der Waals surface area (Å²) in [5, 5.41) is 1.44. The van der Waals surface area contributed by atoms with Crippen LogP contribution in [0.3, 0.4) is 0 Å². The number of methoxy groups -OCH3 is 1. The van der Waals surface area contributed by atoms with E-state index in [0.717, 1.165) is 11.3 Å². The molecule has 0 spiro atoms. The van der Waals surface area contributed by atoms with Crippen molar-refractivity contribution < 1.29 is 9.53 Å². The Balaban J connectivity index is 1.78. The molecule has 0 aliphatic heterocycles. The van der Waals surface area contributed by atoms with Gasteiger partial charge >= 0.3 is 0 Å². The molecule has 1 aromatic heterocycles. The molecule has 0 bridgehead atoms. The van der Waals surface area contributed by atoms with Crippen LogP contribution in [0.1, 0.15) is 5.56 Å². The summed E-state index contributed by atoms with van der Waals surface area (Å²) in [6, 6.07) is 12.6. The summed E-state index contributed by atoms with van der Waals surface area (Å²) < 4.78 is 6.74. The third-order valence-corrected chi connectivity index (χ3v) is 5.69. The first kappa shape index (κ1) is 21.9. The van der Waals surface area contributed by atoms with Gasteiger partial charge in [-0.05, 0) is 35.9 Å². The Labute approximate surface area is 184 Å². The van der Waals surface area contributed by atoms with E-state index in [9.17, 15) is 9.59 Å². The number of thioether (sulfide) groups is 1. The Kier molecular flexibility index (Phi) is 7.18. The number of ether oxygens (including phenoxy) is 1. The quantitative estimate of drug-likeness (QED) is 0.299. The second-order valence-electron chi connectivity index (χ2n) is 6.65. The zero-order valence-electron chi connectivity index (χ0n) is 16.8. The van der Waals surface area contributed by atoms with Crippen LogP contribution in [0.4, 0.5) is 0 Å². The lowest BCUT2D eigenvalue weighted by atomic mass is 10.2. The molecule has 0 aliphatic carbocycles. The van der Waals surface area contributed by atoms with Gasteiger partial charge in [-0.3, -0.25) is 14.2 Å². The van der Waals surface area contributed by atoms with Gasteiger partial charge < -0.3 is 9.64 Å². The molecule has 3 aromatic rings. The van der Waals surface area contributed by atoms with Crippen LogP contribution in [0.15, 0.2) is 65.1 Å². The van der Waals surface area contributed by atoms with Crippen molar-refractivity contribution in [3.05, 3.63) is 76.1 Å². The van der Waals surface area contributed by atoms with E-state index in [0.29, 0.717) is 34.2 Å². The Hall–Kier alpha value is -2.77. The third-order valence-electron chi connectivity index (χ3n) is 4.50. The predicted octanol–water partition coefficient (Wildman–Crippen LogP) is 4.00. The van der Waals surface area contributed by atoms with E-state index in [1.807, 2.05) is 24.3 Å². The highest BCUT2D eigenvalue weighted by atomic mass is 35.5. The molecule has 2 aromatic carbocycles. The van der Waals surface area contributed by atoms with E-state index in [2.05, 4.69) is 11.6 Å². The molecule has 0 saturated carbocycles. The molecule has 156 valence electrons. The Bertz CT molecular complexity index is 1150. The molecule has 0 unspecified atom stereocenters. The molecule has 0 radical (unpaired) electrons. The van der Waals surface area contributed by atoms with E-state index in [-0.39, 0.29) is 17.2 Å². The second kappa shape index (κ2) is 9.82. The normalized spacial score (nSPS) is 10.8.